The Morgan fingerprint density at radius 2 is 1.05 bits per heavy atom. The summed E-state index contributed by atoms with van der Waals surface area (Å²) < 4.78 is 6.51. The first kappa shape index (κ1) is 36.4. The molecule has 1 aliphatic rings. The molecule has 0 radical (unpaired) electrons. The van der Waals surface area contributed by atoms with Crippen LogP contribution in [0.1, 0.15) is 43.6 Å². The quantitative estimate of drug-likeness (QED) is 0.149. The zero-order valence-corrected chi connectivity index (χ0v) is 34.6. The fraction of sp³-hybridized carbons (Fsp3) is 0.100. The van der Waals surface area contributed by atoms with Gasteiger partial charge in [-0.3, -0.25) is 0 Å². The summed E-state index contributed by atoms with van der Waals surface area (Å²) in [5.74, 6) is 0.579. The van der Waals surface area contributed by atoms with Crippen LogP contribution in [0.15, 0.2) is 211 Å². The second-order valence-corrected chi connectivity index (χ2v) is 17.0. The van der Waals surface area contributed by atoms with E-state index in [0.29, 0.717) is 5.92 Å². The van der Waals surface area contributed by atoms with Gasteiger partial charge in [0.05, 0.1) is 5.69 Å². The van der Waals surface area contributed by atoms with Crippen LogP contribution in [0.4, 0.5) is 17.1 Å². The molecule has 0 aliphatic heterocycles. The molecule has 0 bridgehead atoms. The highest BCUT2D eigenvalue weighted by Gasteiger charge is 2.23. The molecular formula is C60H45NO. The molecule has 0 N–H and O–H groups in total. The Bertz CT molecular complexity index is 3450. The van der Waals surface area contributed by atoms with Crippen LogP contribution < -0.4 is 4.90 Å². The van der Waals surface area contributed by atoms with Gasteiger partial charge < -0.3 is 9.32 Å². The van der Waals surface area contributed by atoms with Crippen molar-refractivity contribution in [3.8, 4) is 33.4 Å². The van der Waals surface area contributed by atoms with E-state index in [-0.39, 0.29) is 0 Å². The molecule has 12 rings (SSSR count). The molecule has 1 saturated carbocycles. The molecule has 62 heavy (non-hydrogen) atoms. The van der Waals surface area contributed by atoms with Crippen molar-refractivity contribution in [2.75, 3.05) is 4.90 Å². The van der Waals surface area contributed by atoms with Crippen LogP contribution in [0, 0.1) is 0 Å². The molecule has 1 aromatic heterocycles. The maximum atomic E-state index is 6.51. The van der Waals surface area contributed by atoms with Crippen molar-refractivity contribution in [1.82, 2.24) is 0 Å². The van der Waals surface area contributed by atoms with Gasteiger partial charge in [-0.25, -0.2) is 0 Å². The fourth-order valence-electron chi connectivity index (χ4n) is 10.5. The average Bonchev–Trinajstić information content (AvgIpc) is 3.73. The number of nitrogens with zero attached hydrogens (tertiary/aromatic N) is 1. The molecule has 1 fully saturated rings. The van der Waals surface area contributed by atoms with Gasteiger partial charge in [-0.1, -0.05) is 189 Å². The maximum Gasteiger partial charge on any atom is 0.143 e. The predicted molar refractivity (Wildman–Crippen MR) is 263 cm³/mol. The van der Waals surface area contributed by atoms with Crippen molar-refractivity contribution < 1.29 is 4.42 Å². The number of benzene rings is 10. The van der Waals surface area contributed by atoms with Gasteiger partial charge in [0, 0.05) is 33.3 Å². The summed E-state index contributed by atoms with van der Waals surface area (Å²) in [6.07, 6.45) is 6.46. The topological polar surface area (TPSA) is 16.4 Å². The number of fused-ring (bicyclic) bond motifs is 7. The van der Waals surface area contributed by atoms with E-state index in [1.807, 2.05) is 6.07 Å². The first-order valence-electron chi connectivity index (χ1n) is 22.2. The Hall–Kier alpha value is -7.42. The summed E-state index contributed by atoms with van der Waals surface area (Å²) in [7, 11) is 0. The van der Waals surface area contributed by atoms with E-state index < -0.39 is 0 Å². The molecule has 0 atom stereocenters. The van der Waals surface area contributed by atoms with E-state index >= 15 is 0 Å². The lowest BCUT2D eigenvalue weighted by Crippen LogP contribution is -2.11. The van der Waals surface area contributed by atoms with Gasteiger partial charge in [0.15, 0.2) is 0 Å². The molecule has 0 spiro atoms. The first-order valence-corrected chi connectivity index (χ1v) is 22.2. The number of anilines is 3. The minimum Gasteiger partial charge on any atom is -0.455 e. The Kier molecular flexibility index (Phi) is 8.96. The zero-order chi connectivity index (χ0) is 41.0. The Morgan fingerprint density at radius 1 is 0.387 bits per heavy atom. The monoisotopic (exact) mass is 795 g/mol. The minimum absolute atomic E-state index is 0.579. The second kappa shape index (κ2) is 15.2. The van der Waals surface area contributed by atoms with E-state index in [1.54, 1.807) is 0 Å². The van der Waals surface area contributed by atoms with E-state index in [0.717, 1.165) is 50.1 Å². The summed E-state index contributed by atoms with van der Waals surface area (Å²) >= 11 is 0. The maximum absolute atomic E-state index is 6.51. The number of para-hydroxylation sites is 3. The van der Waals surface area contributed by atoms with Crippen LogP contribution in [0.2, 0.25) is 0 Å². The van der Waals surface area contributed by atoms with Crippen LogP contribution in [-0.4, -0.2) is 0 Å². The standard InChI is InChI=1S/C60H45NO/c1-2-15-40(16-3-1)49-26-11-18-43-19-12-29-55(59(43)49)53-23-6-8-31-57(53)61(45-36-33-42(34-37-45)50-27-14-30-56-54-24-7-9-32-58(54)62-60(50)56)46-21-10-20-44(39-46)48-25-13-28-51-47-22-5-4-17-41(47)35-38-52(48)51/h4-14,17-40H,1-3,15-16H2. The van der Waals surface area contributed by atoms with Gasteiger partial charge >= 0.3 is 0 Å². The number of hydrogen-bond acceptors (Lipinski definition) is 2. The summed E-state index contributed by atoms with van der Waals surface area (Å²) in [6, 6.07) is 75.8. The van der Waals surface area contributed by atoms with Crippen molar-refractivity contribution in [3.63, 3.8) is 0 Å². The molecule has 11 aromatic rings. The molecule has 1 aliphatic carbocycles. The molecule has 296 valence electrons. The number of rotatable bonds is 7. The lowest BCUT2D eigenvalue weighted by molar-refractivity contribution is 0.445. The van der Waals surface area contributed by atoms with E-state index in [1.165, 1.54) is 92.2 Å². The average molecular weight is 796 g/mol. The molecule has 1 heterocycles. The SMILES string of the molecule is c1cc(-c2cccc3c2ccc2ccccc23)cc(N(c2ccc(-c3cccc4c3oc3ccccc34)cc2)c2ccccc2-c2cccc3cccc(C4CCCCC4)c23)c1. The number of hydrogen-bond donors (Lipinski definition) is 0. The smallest absolute Gasteiger partial charge is 0.143 e. The summed E-state index contributed by atoms with van der Waals surface area (Å²) in [5.41, 5.74) is 13.8. The molecule has 0 unspecified atom stereocenters. The lowest BCUT2D eigenvalue weighted by atomic mass is 9.80. The van der Waals surface area contributed by atoms with Gasteiger partial charge in [0.2, 0.25) is 0 Å². The van der Waals surface area contributed by atoms with Crippen molar-refractivity contribution in [3.05, 3.63) is 212 Å². The fourth-order valence-corrected chi connectivity index (χ4v) is 10.5. The van der Waals surface area contributed by atoms with E-state index in [2.05, 4.69) is 205 Å². The summed E-state index contributed by atoms with van der Waals surface area (Å²) in [5, 5.41) is 10.0. The minimum atomic E-state index is 0.579. The highest BCUT2D eigenvalue weighted by molar-refractivity contribution is 6.13. The third-order valence-corrected chi connectivity index (χ3v) is 13.5. The van der Waals surface area contributed by atoms with Gasteiger partial charge in [-0.05, 0) is 115 Å². The Labute approximate surface area is 362 Å². The molecule has 2 nitrogen and oxygen atoms in total. The van der Waals surface area contributed by atoms with Crippen molar-refractivity contribution in [2.24, 2.45) is 0 Å². The van der Waals surface area contributed by atoms with Gasteiger partial charge in [-0.15, -0.1) is 0 Å². The molecular weight excluding hydrogens is 751 g/mol. The zero-order valence-electron chi connectivity index (χ0n) is 34.6. The third-order valence-electron chi connectivity index (χ3n) is 13.5. The van der Waals surface area contributed by atoms with Crippen LogP contribution in [0.3, 0.4) is 0 Å². The van der Waals surface area contributed by atoms with Gasteiger partial charge in [0.25, 0.3) is 0 Å². The van der Waals surface area contributed by atoms with Crippen LogP contribution in [-0.2, 0) is 0 Å². The first-order chi connectivity index (χ1) is 30.8. The van der Waals surface area contributed by atoms with Crippen molar-refractivity contribution in [2.45, 2.75) is 38.0 Å². The van der Waals surface area contributed by atoms with Crippen molar-refractivity contribution in [1.29, 1.82) is 0 Å². The highest BCUT2D eigenvalue weighted by atomic mass is 16.3. The van der Waals surface area contributed by atoms with Crippen molar-refractivity contribution >= 4 is 71.3 Å². The third kappa shape index (κ3) is 6.17. The predicted octanol–water partition coefficient (Wildman–Crippen LogP) is 17.6. The van der Waals surface area contributed by atoms with Gasteiger partial charge in [0.1, 0.15) is 11.2 Å². The molecule has 0 saturated heterocycles. The lowest BCUT2D eigenvalue weighted by Gasteiger charge is -2.29. The van der Waals surface area contributed by atoms with Crippen LogP contribution >= 0.6 is 0 Å². The normalized spacial score (nSPS) is 13.4. The Balaban J connectivity index is 1.05. The number of furan rings is 1. The molecule has 0 amide bonds. The van der Waals surface area contributed by atoms with E-state index in [4.69, 9.17) is 4.42 Å². The molecule has 2 heteroatoms. The highest BCUT2D eigenvalue weighted by Crippen LogP contribution is 2.47. The summed E-state index contributed by atoms with van der Waals surface area (Å²) in [4.78, 5) is 2.47. The van der Waals surface area contributed by atoms with Crippen LogP contribution in [0.5, 0.6) is 0 Å². The molecule has 10 aromatic carbocycles. The van der Waals surface area contributed by atoms with Crippen LogP contribution in [0.25, 0.3) is 87.6 Å². The van der Waals surface area contributed by atoms with E-state index in [9.17, 15) is 0 Å². The summed E-state index contributed by atoms with van der Waals surface area (Å²) in [6.45, 7) is 0. The Morgan fingerprint density at radius 3 is 1.94 bits per heavy atom. The largest absolute Gasteiger partial charge is 0.455 e. The second-order valence-electron chi connectivity index (χ2n) is 17.0. The van der Waals surface area contributed by atoms with Gasteiger partial charge in [-0.2, -0.15) is 0 Å².